The standard InChI is InChI=1S/C21H24N2O5S/c1-13-10-16(29(26,27)23(4)5)11-18(14(13)2)22-20(25)21(3)12-15-8-6-7-9-17(15)19(24)28-21/h6-11H,12H2,1-5H3,(H,22,25). The van der Waals surface area contributed by atoms with E-state index in [1.165, 1.54) is 20.2 Å². The van der Waals surface area contributed by atoms with E-state index < -0.39 is 27.5 Å². The van der Waals surface area contributed by atoms with E-state index in [0.717, 1.165) is 21.0 Å². The molecule has 3 rings (SSSR count). The Labute approximate surface area is 170 Å². The molecule has 1 aliphatic rings. The Balaban J connectivity index is 1.95. The highest BCUT2D eigenvalue weighted by Crippen LogP contribution is 2.31. The van der Waals surface area contributed by atoms with Crippen molar-refractivity contribution in [3.8, 4) is 0 Å². The van der Waals surface area contributed by atoms with Gasteiger partial charge in [0.25, 0.3) is 5.91 Å². The van der Waals surface area contributed by atoms with E-state index in [0.29, 0.717) is 11.3 Å². The van der Waals surface area contributed by atoms with Gasteiger partial charge in [-0.15, -0.1) is 0 Å². The molecule has 7 nitrogen and oxygen atoms in total. The van der Waals surface area contributed by atoms with E-state index in [1.54, 1.807) is 51.1 Å². The minimum atomic E-state index is -3.67. The summed E-state index contributed by atoms with van der Waals surface area (Å²) < 4.78 is 31.6. The maximum absolute atomic E-state index is 13.1. The highest BCUT2D eigenvalue weighted by Gasteiger charge is 2.42. The van der Waals surface area contributed by atoms with Crippen molar-refractivity contribution in [2.24, 2.45) is 0 Å². The number of sulfonamides is 1. The third kappa shape index (κ3) is 3.77. The van der Waals surface area contributed by atoms with Crippen molar-refractivity contribution in [2.75, 3.05) is 19.4 Å². The number of ether oxygens (including phenoxy) is 1. The average molecular weight is 416 g/mol. The monoisotopic (exact) mass is 416 g/mol. The summed E-state index contributed by atoms with van der Waals surface area (Å²) in [6.07, 6.45) is 0.231. The largest absolute Gasteiger partial charge is 0.445 e. The Hall–Kier alpha value is -2.71. The second kappa shape index (κ2) is 7.27. The highest BCUT2D eigenvalue weighted by molar-refractivity contribution is 7.89. The molecule has 0 fully saturated rings. The number of nitrogens with zero attached hydrogens (tertiary/aromatic N) is 1. The van der Waals surface area contributed by atoms with Gasteiger partial charge in [-0.2, -0.15) is 0 Å². The number of esters is 1. The molecule has 1 N–H and O–H groups in total. The lowest BCUT2D eigenvalue weighted by atomic mass is 9.89. The number of aryl methyl sites for hydroxylation is 1. The molecule has 8 heteroatoms. The number of anilines is 1. The van der Waals surface area contributed by atoms with Crippen molar-refractivity contribution in [3.05, 3.63) is 58.7 Å². The predicted molar refractivity (Wildman–Crippen MR) is 109 cm³/mol. The molecule has 1 unspecified atom stereocenters. The summed E-state index contributed by atoms with van der Waals surface area (Å²) in [5.74, 6) is -1.07. The Morgan fingerprint density at radius 2 is 1.83 bits per heavy atom. The number of fused-ring (bicyclic) bond motifs is 1. The van der Waals surface area contributed by atoms with Gasteiger partial charge < -0.3 is 10.1 Å². The van der Waals surface area contributed by atoms with Crippen LogP contribution in [-0.2, 0) is 26.0 Å². The van der Waals surface area contributed by atoms with Gasteiger partial charge in [0, 0.05) is 26.2 Å². The van der Waals surface area contributed by atoms with Crippen LogP contribution in [0.25, 0.3) is 0 Å². The molecule has 0 aromatic heterocycles. The molecule has 1 atom stereocenters. The average Bonchev–Trinajstić information content (AvgIpc) is 2.64. The number of benzene rings is 2. The SMILES string of the molecule is Cc1cc(S(=O)(=O)N(C)C)cc(NC(=O)C2(C)Cc3ccccc3C(=O)O2)c1C. The van der Waals surface area contributed by atoms with Gasteiger partial charge in [-0.3, -0.25) is 4.79 Å². The molecule has 0 aliphatic carbocycles. The van der Waals surface area contributed by atoms with Gasteiger partial charge in [0.1, 0.15) is 0 Å². The summed E-state index contributed by atoms with van der Waals surface area (Å²) >= 11 is 0. The molecule has 0 bridgehead atoms. The Morgan fingerprint density at radius 1 is 1.17 bits per heavy atom. The first-order valence-corrected chi connectivity index (χ1v) is 10.6. The molecule has 0 saturated heterocycles. The Bertz CT molecular complexity index is 1110. The third-order valence-corrected chi connectivity index (χ3v) is 7.02. The van der Waals surface area contributed by atoms with Crippen molar-refractivity contribution in [1.82, 2.24) is 4.31 Å². The zero-order chi connectivity index (χ0) is 21.6. The van der Waals surface area contributed by atoms with Crippen LogP contribution in [0.1, 0.15) is 34.0 Å². The molecule has 2 aromatic rings. The third-order valence-electron chi connectivity index (χ3n) is 5.23. The molecule has 2 aromatic carbocycles. The topological polar surface area (TPSA) is 92.8 Å². The van der Waals surface area contributed by atoms with Crippen LogP contribution in [0.15, 0.2) is 41.3 Å². The number of hydrogen-bond acceptors (Lipinski definition) is 5. The van der Waals surface area contributed by atoms with Crippen LogP contribution in [0.2, 0.25) is 0 Å². The molecule has 1 aliphatic heterocycles. The first-order chi connectivity index (χ1) is 13.5. The summed E-state index contributed by atoms with van der Waals surface area (Å²) in [7, 11) is -0.772. The second-order valence-corrected chi connectivity index (χ2v) is 9.76. The lowest BCUT2D eigenvalue weighted by molar-refractivity contribution is -0.134. The maximum atomic E-state index is 13.1. The molecular formula is C21H24N2O5S. The van der Waals surface area contributed by atoms with E-state index >= 15 is 0 Å². The van der Waals surface area contributed by atoms with Gasteiger partial charge in [0.05, 0.1) is 10.5 Å². The van der Waals surface area contributed by atoms with Crippen LogP contribution < -0.4 is 5.32 Å². The first kappa shape index (κ1) is 21.0. The quantitative estimate of drug-likeness (QED) is 0.774. The number of carbonyl (C=O) groups excluding carboxylic acids is 2. The number of hydrogen-bond donors (Lipinski definition) is 1. The van der Waals surface area contributed by atoms with Crippen LogP contribution in [0.3, 0.4) is 0 Å². The number of carbonyl (C=O) groups is 2. The molecule has 0 radical (unpaired) electrons. The summed E-state index contributed by atoms with van der Waals surface area (Å²) in [5, 5.41) is 2.76. The fraction of sp³-hybridized carbons (Fsp3) is 0.333. The first-order valence-electron chi connectivity index (χ1n) is 9.12. The smallest absolute Gasteiger partial charge is 0.339 e. The molecule has 1 amide bonds. The second-order valence-electron chi connectivity index (χ2n) is 7.61. The molecule has 29 heavy (non-hydrogen) atoms. The van der Waals surface area contributed by atoms with Crippen molar-refractivity contribution in [2.45, 2.75) is 37.7 Å². The summed E-state index contributed by atoms with van der Waals surface area (Å²) in [6.45, 7) is 5.12. The van der Waals surface area contributed by atoms with E-state index in [1.807, 2.05) is 0 Å². The fourth-order valence-corrected chi connectivity index (χ4v) is 4.24. The highest BCUT2D eigenvalue weighted by atomic mass is 32.2. The van der Waals surface area contributed by atoms with E-state index in [9.17, 15) is 18.0 Å². The van der Waals surface area contributed by atoms with E-state index in [-0.39, 0.29) is 11.3 Å². The number of amides is 1. The van der Waals surface area contributed by atoms with Gasteiger partial charge in [0.15, 0.2) is 5.60 Å². The van der Waals surface area contributed by atoms with Crippen LogP contribution in [-0.4, -0.2) is 44.3 Å². The van der Waals surface area contributed by atoms with Crippen LogP contribution in [0, 0.1) is 13.8 Å². The van der Waals surface area contributed by atoms with Gasteiger partial charge >= 0.3 is 5.97 Å². The molecule has 154 valence electrons. The normalized spacial score (nSPS) is 18.9. The van der Waals surface area contributed by atoms with Crippen molar-refractivity contribution in [3.63, 3.8) is 0 Å². The number of cyclic esters (lactones) is 1. The fourth-order valence-electron chi connectivity index (χ4n) is 3.23. The van der Waals surface area contributed by atoms with E-state index in [4.69, 9.17) is 4.74 Å². The van der Waals surface area contributed by atoms with Gasteiger partial charge in [-0.25, -0.2) is 17.5 Å². The van der Waals surface area contributed by atoms with Crippen LogP contribution >= 0.6 is 0 Å². The molecule has 1 heterocycles. The minimum Gasteiger partial charge on any atom is -0.445 e. The summed E-state index contributed by atoms with van der Waals surface area (Å²) in [6, 6.07) is 10.0. The van der Waals surface area contributed by atoms with Crippen molar-refractivity contribution in [1.29, 1.82) is 0 Å². The maximum Gasteiger partial charge on any atom is 0.339 e. The number of rotatable bonds is 4. The van der Waals surface area contributed by atoms with E-state index in [2.05, 4.69) is 5.32 Å². The van der Waals surface area contributed by atoms with Crippen LogP contribution in [0.5, 0.6) is 0 Å². The predicted octanol–water partition coefficient (Wildman–Crippen LogP) is 2.66. The zero-order valence-corrected chi connectivity index (χ0v) is 17.9. The summed E-state index contributed by atoms with van der Waals surface area (Å²) in [5.41, 5.74) is 1.61. The van der Waals surface area contributed by atoms with Crippen molar-refractivity contribution >= 4 is 27.6 Å². The lowest BCUT2D eigenvalue weighted by Crippen LogP contribution is -2.49. The molecule has 0 spiro atoms. The van der Waals surface area contributed by atoms with Gasteiger partial charge in [0.2, 0.25) is 10.0 Å². The summed E-state index contributed by atoms with van der Waals surface area (Å²) in [4.78, 5) is 25.5. The molecule has 0 saturated carbocycles. The zero-order valence-electron chi connectivity index (χ0n) is 17.1. The minimum absolute atomic E-state index is 0.0806. The van der Waals surface area contributed by atoms with Crippen LogP contribution in [0.4, 0.5) is 5.69 Å². The Morgan fingerprint density at radius 3 is 2.48 bits per heavy atom. The van der Waals surface area contributed by atoms with Crippen molar-refractivity contribution < 1.29 is 22.7 Å². The van der Waals surface area contributed by atoms with Gasteiger partial charge in [-0.1, -0.05) is 18.2 Å². The number of nitrogens with one attached hydrogen (secondary N) is 1. The molecular weight excluding hydrogens is 392 g/mol. The van der Waals surface area contributed by atoms with Gasteiger partial charge in [-0.05, 0) is 55.7 Å². The lowest BCUT2D eigenvalue weighted by Gasteiger charge is -2.33. The Kier molecular flexibility index (Phi) is 5.27.